The molecule has 1 aromatic carbocycles. The summed E-state index contributed by atoms with van der Waals surface area (Å²) < 4.78 is 2.57. The number of pyridine rings is 1. The predicted octanol–water partition coefficient (Wildman–Crippen LogP) is 3.69. The third-order valence-corrected chi connectivity index (χ3v) is 4.10. The van der Waals surface area contributed by atoms with E-state index in [2.05, 4.69) is 26.2 Å². The summed E-state index contributed by atoms with van der Waals surface area (Å²) in [7, 11) is 0. The fourth-order valence-corrected chi connectivity index (χ4v) is 2.93. The normalized spacial score (nSPS) is 10.9. The molecule has 3 aromatic rings. The number of anilines is 1. The third-order valence-electron chi connectivity index (χ3n) is 3.45. The van der Waals surface area contributed by atoms with E-state index >= 15 is 0 Å². The average molecular weight is 358 g/mol. The fourth-order valence-electron chi connectivity index (χ4n) is 2.30. The van der Waals surface area contributed by atoms with Crippen molar-refractivity contribution in [2.45, 2.75) is 20.4 Å². The number of rotatable bonds is 3. The van der Waals surface area contributed by atoms with Gasteiger partial charge in [-0.25, -0.2) is 4.98 Å². The molecular formula is C17H16BrN3O. The highest BCUT2D eigenvalue weighted by atomic mass is 79.9. The van der Waals surface area contributed by atoms with Crippen LogP contribution in [-0.4, -0.2) is 9.38 Å². The maximum absolute atomic E-state index is 12.2. The van der Waals surface area contributed by atoms with Gasteiger partial charge in [0.15, 0.2) is 0 Å². The molecule has 5 heteroatoms. The van der Waals surface area contributed by atoms with Gasteiger partial charge in [0, 0.05) is 22.4 Å². The lowest BCUT2D eigenvalue weighted by molar-refractivity contribution is 0.965. The molecule has 0 spiro atoms. The molecule has 0 radical (unpaired) electrons. The van der Waals surface area contributed by atoms with E-state index in [4.69, 9.17) is 0 Å². The van der Waals surface area contributed by atoms with Gasteiger partial charge in [0.2, 0.25) is 0 Å². The second-order valence-corrected chi connectivity index (χ2v) is 6.21. The summed E-state index contributed by atoms with van der Waals surface area (Å²) in [5.41, 5.74) is 4.53. The van der Waals surface area contributed by atoms with Crippen LogP contribution in [0.2, 0.25) is 0 Å². The van der Waals surface area contributed by atoms with Crippen molar-refractivity contribution in [3.63, 3.8) is 0 Å². The van der Waals surface area contributed by atoms with E-state index in [1.165, 1.54) is 5.56 Å². The molecule has 0 saturated heterocycles. The zero-order chi connectivity index (χ0) is 15.7. The number of aryl methyl sites for hydroxylation is 2. The summed E-state index contributed by atoms with van der Waals surface area (Å²) in [6, 6.07) is 11.5. The van der Waals surface area contributed by atoms with Crippen LogP contribution >= 0.6 is 15.9 Å². The second kappa shape index (κ2) is 5.93. The van der Waals surface area contributed by atoms with Crippen molar-refractivity contribution in [3.8, 4) is 0 Å². The molecule has 0 bridgehead atoms. The van der Waals surface area contributed by atoms with Gasteiger partial charge in [-0.3, -0.25) is 9.20 Å². The van der Waals surface area contributed by atoms with Crippen LogP contribution in [0.25, 0.3) is 5.65 Å². The molecule has 1 N–H and O–H groups in total. The summed E-state index contributed by atoms with van der Waals surface area (Å²) in [5.74, 6) is 0. The van der Waals surface area contributed by atoms with E-state index in [9.17, 15) is 4.79 Å². The lowest BCUT2D eigenvalue weighted by atomic mass is 10.2. The molecular weight excluding hydrogens is 342 g/mol. The number of hydrogen-bond donors (Lipinski definition) is 1. The van der Waals surface area contributed by atoms with Gasteiger partial charge < -0.3 is 5.32 Å². The van der Waals surface area contributed by atoms with Crippen LogP contribution in [-0.2, 0) is 6.54 Å². The second-order valence-electron chi connectivity index (χ2n) is 5.36. The summed E-state index contributed by atoms with van der Waals surface area (Å²) >= 11 is 3.53. The molecule has 3 rings (SSSR count). The maximum atomic E-state index is 12.2. The maximum Gasteiger partial charge on any atom is 0.258 e. The first-order valence-corrected chi connectivity index (χ1v) is 7.81. The van der Waals surface area contributed by atoms with Crippen molar-refractivity contribution in [1.82, 2.24) is 9.38 Å². The van der Waals surface area contributed by atoms with E-state index in [1.54, 1.807) is 16.7 Å². The first-order chi connectivity index (χ1) is 10.5. The number of fused-ring (bicyclic) bond motifs is 1. The van der Waals surface area contributed by atoms with Gasteiger partial charge in [-0.15, -0.1) is 0 Å². The number of benzene rings is 1. The molecule has 0 unspecified atom stereocenters. The highest BCUT2D eigenvalue weighted by molar-refractivity contribution is 9.10. The average Bonchev–Trinajstić information content (AvgIpc) is 2.47. The van der Waals surface area contributed by atoms with Gasteiger partial charge >= 0.3 is 0 Å². The zero-order valence-electron chi connectivity index (χ0n) is 12.4. The number of halogens is 1. The Morgan fingerprint density at radius 2 is 1.91 bits per heavy atom. The number of nitrogens with zero attached hydrogens (tertiary/aromatic N) is 2. The van der Waals surface area contributed by atoms with Crippen LogP contribution < -0.4 is 10.9 Å². The van der Waals surface area contributed by atoms with Crippen LogP contribution in [0.3, 0.4) is 0 Å². The van der Waals surface area contributed by atoms with Crippen molar-refractivity contribution in [1.29, 1.82) is 0 Å². The summed E-state index contributed by atoms with van der Waals surface area (Å²) in [4.78, 5) is 16.7. The zero-order valence-corrected chi connectivity index (χ0v) is 14.0. The van der Waals surface area contributed by atoms with Crippen LogP contribution in [0.4, 0.5) is 5.69 Å². The smallest absolute Gasteiger partial charge is 0.258 e. The molecule has 22 heavy (non-hydrogen) atoms. The van der Waals surface area contributed by atoms with Gasteiger partial charge in [0.25, 0.3) is 5.56 Å². The number of nitrogens with one attached hydrogen (secondary N) is 1. The van der Waals surface area contributed by atoms with Gasteiger partial charge in [-0.2, -0.15) is 0 Å². The first-order valence-electron chi connectivity index (χ1n) is 7.02. The quantitative estimate of drug-likeness (QED) is 0.777. The third kappa shape index (κ3) is 3.04. The number of hydrogen-bond acceptors (Lipinski definition) is 3. The highest BCUT2D eigenvalue weighted by Crippen LogP contribution is 2.23. The van der Waals surface area contributed by atoms with Gasteiger partial charge in [-0.05, 0) is 59.1 Å². The lowest BCUT2D eigenvalue weighted by Gasteiger charge is -2.10. The van der Waals surface area contributed by atoms with Gasteiger partial charge in [-0.1, -0.05) is 12.1 Å². The Hall–Kier alpha value is -2.14. The minimum absolute atomic E-state index is 0.0616. The topological polar surface area (TPSA) is 46.4 Å². The van der Waals surface area contributed by atoms with E-state index in [0.29, 0.717) is 12.2 Å². The standard InChI is InChI=1S/C17H16BrN3O/c1-11-3-5-15(14(18)7-11)19-9-13-8-17(22)21-10-12(2)4-6-16(21)20-13/h3-8,10,19H,9H2,1-2H3. The minimum atomic E-state index is -0.0616. The first kappa shape index (κ1) is 14.8. The van der Waals surface area contributed by atoms with Crippen molar-refractivity contribution >= 4 is 27.3 Å². The molecule has 0 atom stereocenters. The van der Waals surface area contributed by atoms with E-state index in [1.807, 2.05) is 44.2 Å². The Kier molecular flexibility index (Phi) is 3.98. The summed E-state index contributed by atoms with van der Waals surface area (Å²) in [6.45, 7) is 4.50. The monoisotopic (exact) mass is 357 g/mol. The largest absolute Gasteiger partial charge is 0.378 e. The van der Waals surface area contributed by atoms with Crippen molar-refractivity contribution in [2.75, 3.05) is 5.32 Å². The van der Waals surface area contributed by atoms with E-state index in [0.717, 1.165) is 21.4 Å². The van der Waals surface area contributed by atoms with Crippen molar-refractivity contribution < 1.29 is 0 Å². The molecule has 2 aromatic heterocycles. The van der Waals surface area contributed by atoms with Gasteiger partial charge in [0.05, 0.1) is 12.2 Å². The minimum Gasteiger partial charge on any atom is -0.378 e. The molecule has 112 valence electrons. The molecule has 0 aliphatic carbocycles. The molecule has 0 aliphatic rings. The Morgan fingerprint density at radius 1 is 1.14 bits per heavy atom. The van der Waals surface area contributed by atoms with Crippen LogP contribution in [0.1, 0.15) is 16.8 Å². The molecule has 2 heterocycles. The molecule has 0 aliphatic heterocycles. The molecule has 0 fully saturated rings. The summed E-state index contributed by atoms with van der Waals surface area (Å²) in [5, 5.41) is 3.30. The Bertz CT molecular complexity index is 902. The number of aromatic nitrogens is 2. The Balaban J connectivity index is 1.88. The van der Waals surface area contributed by atoms with Crippen LogP contribution in [0.5, 0.6) is 0 Å². The van der Waals surface area contributed by atoms with E-state index in [-0.39, 0.29) is 5.56 Å². The van der Waals surface area contributed by atoms with E-state index < -0.39 is 0 Å². The SMILES string of the molecule is Cc1ccc(NCc2cc(=O)n3cc(C)ccc3n2)c(Br)c1. The summed E-state index contributed by atoms with van der Waals surface area (Å²) in [6.07, 6.45) is 1.80. The van der Waals surface area contributed by atoms with Crippen LogP contribution in [0, 0.1) is 13.8 Å². The molecule has 0 amide bonds. The van der Waals surface area contributed by atoms with Crippen molar-refractivity contribution in [2.24, 2.45) is 0 Å². The predicted molar refractivity (Wildman–Crippen MR) is 92.4 cm³/mol. The highest BCUT2D eigenvalue weighted by Gasteiger charge is 2.04. The van der Waals surface area contributed by atoms with Gasteiger partial charge in [0.1, 0.15) is 5.65 Å². The Morgan fingerprint density at radius 3 is 2.68 bits per heavy atom. The Labute approximate surface area is 137 Å². The van der Waals surface area contributed by atoms with Crippen LogP contribution in [0.15, 0.2) is 51.9 Å². The lowest BCUT2D eigenvalue weighted by Crippen LogP contribution is -2.17. The van der Waals surface area contributed by atoms with Crippen molar-refractivity contribution in [3.05, 3.63) is 74.2 Å². The molecule has 4 nitrogen and oxygen atoms in total. The fraction of sp³-hybridized carbons (Fsp3) is 0.176. The molecule has 0 saturated carbocycles.